The van der Waals surface area contributed by atoms with Crippen molar-refractivity contribution in [1.29, 1.82) is 0 Å². The summed E-state index contributed by atoms with van der Waals surface area (Å²) < 4.78 is 0. The molecule has 8 nitrogen and oxygen atoms in total. The van der Waals surface area contributed by atoms with Crippen LogP contribution < -0.4 is 5.32 Å². The number of aromatic amines is 2. The van der Waals surface area contributed by atoms with E-state index in [0.717, 1.165) is 61.3 Å². The van der Waals surface area contributed by atoms with Crippen LogP contribution in [-0.4, -0.2) is 35.1 Å². The minimum absolute atomic E-state index is 0.0610. The second-order valence-electron chi connectivity index (χ2n) is 10.1. The minimum atomic E-state index is -0.0610. The van der Waals surface area contributed by atoms with Crippen LogP contribution in [0.15, 0.2) is 86.0 Å². The van der Waals surface area contributed by atoms with E-state index < -0.39 is 0 Å². The van der Waals surface area contributed by atoms with Gasteiger partial charge in [-0.25, -0.2) is 4.98 Å². The Morgan fingerprint density at radius 1 is 0.838 bits per heavy atom. The lowest BCUT2D eigenvalue weighted by Gasteiger charge is -2.23. The lowest BCUT2D eigenvalue weighted by atomic mass is 9.93. The molecule has 6 aromatic heterocycles. The van der Waals surface area contributed by atoms with Crippen LogP contribution in [0.5, 0.6) is 0 Å². The molecule has 0 aliphatic rings. The zero-order valence-electron chi connectivity index (χ0n) is 20.9. The van der Waals surface area contributed by atoms with Gasteiger partial charge in [0.25, 0.3) is 0 Å². The Kier molecular flexibility index (Phi) is 5.30. The minimum Gasteiger partial charge on any atom is -0.358 e. The monoisotopic (exact) mass is 486 g/mol. The Bertz CT molecular complexity index is 1760. The second-order valence-corrected chi connectivity index (χ2v) is 10.1. The summed E-state index contributed by atoms with van der Waals surface area (Å²) in [5, 5.41) is 13.0. The van der Waals surface area contributed by atoms with Crippen LogP contribution in [0.4, 0.5) is 5.69 Å². The third kappa shape index (κ3) is 4.23. The Hall–Kier alpha value is -4.85. The molecule has 6 aromatic rings. The molecule has 0 saturated carbocycles. The van der Waals surface area contributed by atoms with Gasteiger partial charge in [0, 0.05) is 69.6 Å². The summed E-state index contributed by atoms with van der Waals surface area (Å²) in [7, 11) is 0. The van der Waals surface area contributed by atoms with Gasteiger partial charge in [0.15, 0.2) is 5.65 Å². The van der Waals surface area contributed by atoms with Gasteiger partial charge in [-0.05, 0) is 35.9 Å². The van der Waals surface area contributed by atoms with Crippen molar-refractivity contribution in [2.24, 2.45) is 5.41 Å². The normalized spacial score (nSPS) is 11.8. The fourth-order valence-electron chi connectivity index (χ4n) is 4.23. The number of fused-ring (bicyclic) bond motifs is 2. The van der Waals surface area contributed by atoms with E-state index in [2.05, 4.69) is 86.0 Å². The third-order valence-corrected chi connectivity index (χ3v) is 6.48. The first-order chi connectivity index (χ1) is 17.9. The molecule has 0 fully saturated rings. The number of pyridine rings is 4. The van der Waals surface area contributed by atoms with Crippen molar-refractivity contribution in [2.45, 2.75) is 20.8 Å². The molecule has 6 heterocycles. The molecular formula is C29H26N8. The first kappa shape index (κ1) is 22.6. The molecule has 0 bridgehead atoms. The van der Waals surface area contributed by atoms with Crippen molar-refractivity contribution in [3.63, 3.8) is 0 Å². The first-order valence-electron chi connectivity index (χ1n) is 12.0. The van der Waals surface area contributed by atoms with Crippen molar-refractivity contribution in [1.82, 2.24) is 35.1 Å². The van der Waals surface area contributed by atoms with Gasteiger partial charge in [-0.3, -0.25) is 20.1 Å². The zero-order valence-corrected chi connectivity index (χ0v) is 20.9. The summed E-state index contributed by atoms with van der Waals surface area (Å²) in [6.45, 7) is 10.5. The van der Waals surface area contributed by atoms with Crippen LogP contribution in [0.3, 0.4) is 0 Å². The Balaban J connectivity index is 1.40. The van der Waals surface area contributed by atoms with E-state index >= 15 is 0 Å². The van der Waals surface area contributed by atoms with E-state index in [9.17, 15) is 0 Å². The molecule has 8 heteroatoms. The quantitative estimate of drug-likeness (QED) is 0.253. The summed E-state index contributed by atoms with van der Waals surface area (Å²) in [6.07, 6.45) is 12.7. The van der Waals surface area contributed by atoms with Gasteiger partial charge in [-0.1, -0.05) is 27.4 Å². The molecule has 0 amide bonds. The molecule has 3 N–H and O–H groups in total. The maximum atomic E-state index is 4.64. The number of hydrogen-bond donors (Lipinski definition) is 3. The highest BCUT2D eigenvalue weighted by Crippen LogP contribution is 2.34. The molecule has 0 unspecified atom stereocenters. The SMILES string of the molecule is C=C(Nc1cncc(-c2cnc3[nH]nc(-c4cc5c(-c6ccncc6)cncc5[nH]4)c3c2)c1)C(C)(C)C. The van der Waals surface area contributed by atoms with Gasteiger partial charge in [0.1, 0.15) is 5.69 Å². The number of nitrogens with zero attached hydrogens (tertiary/aromatic N) is 5. The van der Waals surface area contributed by atoms with Crippen LogP contribution in [0.25, 0.3) is 55.6 Å². The van der Waals surface area contributed by atoms with Crippen molar-refractivity contribution >= 4 is 27.6 Å². The number of H-pyrrole nitrogens is 2. The average Bonchev–Trinajstić information content (AvgIpc) is 3.52. The van der Waals surface area contributed by atoms with Gasteiger partial charge < -0.3 is 10.3 Å². The molecule has 0 saturated heterocycles. The average molecular weight is 487 g/mol. The smallest absolute Gasteiger partial charge is 0.155 e. The number of anilines is 1. The number of hydrogen-bond acceptors (Lipinski definition) is 6. The van der Waals surface area contributed by atoms with Gasteiger partial charge in [-0.2, -0.15) is 5.10 Å². The zero-order chi connectivity index (χ0) is 25.6. The first-order valence-corrected chi connectivity index (χ1v) is 12.0. The van der Waals surface area contributed by atoms with Gasteiger partial charge >= 0.3 is 0 Å². The topological polar surface area (TPSA) is 108 Å². The van der Waals surface area contributed by atoms with Crippen molar-refractivity contribution in [3.8, 4) is 33.6 Å². The second kappa shape index (κ2) is 8.67. The van der Waals surface area contributed by atoms with E-state index in [0.29, 0.717) is 5.65 Å². The summed E-state index contributed by atoms with van der Waals surface area (Å²) in [5.74, 6) is 0. The van der Waals surface area contributed by atoms with Crippen molar-refractivity contribution in [3.05, 3.63) is 86.0 Å². The van der Waals surface area contributed by atoms with Crippen LogP contribution in [-0.2, 0) is 0 Å². The highest BCUT2D eigenvalue weighted by atomic mass is 15.2. The van der Waals surface area contributed by atoms with Crippen molar-refractivity contribution < 1.29 is 0 Å². The maximum Gasteiger partial charge on any atom is 0.155 e. The Labute approximate surface area is 214 Å². The largest absolute Gasteiger partial charge is 0.358 e. The lowest BCUT2D eigenvalue weighted by Crippen LogP contribution is -2.15. The van der Waals surface area contributed by atoms with Crippen LogP contribution in [0.1, 0.15) is 20.8 Å². The van der Waals surface area contributed by atoms with E-state index in [1.807, 2.05) is 36.9 Å². The highest BCUT2D eigenvalue weighted by Gasteiger charge is 2.17. The molecule has 0 radical (unpaired) electrons. The molecule has 0 aliphatic carbocycles. The number of rotatable bonds is 5. The fraction of sp³-hybridized carbons (Fsp3) is 0.138. The fourth-order valence-corrected chi connectivity index (χ4v) is 4.23. The number of nitrogens with one attached hydrogen (secondary N) is 3. The number of aromatic nitrogens is 7. The lowest BCUT2D eigenvalue weighted by molar-refractivity contribution is 0.509. The van der Waals surface area contributed by atoms with E-state index in [1.54, 1.807) is 18.6 Å². The summed E-state index contributed by atoms with van der Waals surface area (Å²) >= 11 is 0. The van der Waals surface area contributed by atoms with Gasteiger partial charge in [-0.15, -0.1) is 0 Å². The van der Waals surface area contributed by atoms with E-state index in [4.69, 9.17) is 0 Å². The van der Waals surface area contributed by atoms with Crippen LogP contribution in [0, 0.1) is 5.41 Å². The van der Waals surface area contributed by atoms with E-state index in [1.165, 1.54) is 0 Å². The summed E-state index contributed by atoms with van der Waals surface area (Å²) in [5.41, 5.74) is 9.08. The molecule has 182 valence electrons. The van der Waals surface area contributed by atoms with Crippen molar-refractivity contribution in [2.75, 3.05) is 5.32 Å². The molecular weight excluding hydrogens is 460 g/mol. The maximum absolute atomic E-state index is 4.64. The summed E-state index contributed by atoms with van der Waals surface area (Å²) in [4.78, 5) is 21.1. The highest BCUT2D eigenvalue weighted by molar-refractivity contribution is 6.00. The molecule has 0 aliphatic heterocycles. The Morgan fingerprint density at radius 2 is 1.62 bits per heavy atom. The predicted molar refractivity (Wildman–Crippen MR) is 148 cm³/mol. The van der Waals surface area contributed by atoms with Gasteiger partial charge in [0.05, 0.1) is 29.3 Å². The Morgan fingerprint density at radius 3 is 2.43 bits per heavy atom. The van der Waals surface area contributed by atoms with E-state index in [-0.39, 0.29) is 5.41 Å². The third-order valence-electron chi connectivity index (χ3n) is 6.48. The molecule has 0 spiro atoms. The molecule has 37 heavy (non-hydrogen) atoms. The predicted octanol–water partition coefficient (Wildman–Crippen LogP) is 6.60. The van der Waals surface area contributed by atoms with Gasteiger partial charge in [0.2, 0.25) is 0 Å². The number of allylic oxidation sites excluding steroid dienone is 1. The van der Waals surface area contributed by atoms with Crippen LogP contribution >= 0.6 is 0 Å². The molecule has 6 rings (SSSR count). The van der Waals surface area contributed by atoms with Crippen LogP contribution in [0.2, 0.25) is 0 Å². The summed E-state index contributed by atoms with van der Waals surface area (Å²) in [6, 6.07) is 10.2. The standard InChI is InChI=1S/C29H26N8/c1-17(29(2,3)4)34-21-9-19(12-31-14-21)20-10-23-27(36-37-28(23)33-13-20)25-11-22-24(15-32-16-26(22)35-25)18-5-7-30-8-6-18/h5-16,34-35H,1H2,2-4H3,(H,33,36,37). The molecule has 0 atom stereocenters. The molecule has 0 aromatic carbocycles.